The van der Waals surface area contributed by atoms with Crippen molar-refractivity contribution in [2.75, 3.05) is 28.4 Å². The molecule has 1 aromatic carbocycles. The molecule has 2 aliphatic rings. The summed E-state index contributed by atoms with van der Waals surface area (Å²) in [6.07, 6.45) is 0.107. The molecule has 33 heavy (non-hydrogen) atoms. The van der Waals surface area contributed by atoms with Gasteiger partial charge in [0.2, 0.25) is 0 Å². The average Bonchev–Trinajstić information content (AvgIpc) is 3.21. The highest BCUT2D eigenvalue weighted by molar-refractivity contribution is 6.05. The van der Waals surface area contributed by atoms with Gasteiger partial charge in [-0.05, 0) is 11.5 Å². The molecule has 5 atom stereocenters. The van der Waals surface area contributed by atoms with E-state index in [1.54, 1.807) is 30.3 Å². The first-order valence-corrected chi connectivity index (χ1v) is 10.5. The van der Waals surface area contributed by atoms with Gasteiger partial charge in [-0.1, -0.05) is 44.2 Å². The van der Waals surface area contributed by atoms with Crippen molar-refractivity contribution in [1.82, 2.24) is 0 Å². The Kier molecular flexibility index (Phi) is 6.86. The normalized spacial score (nSPS) is 32.3. The molecular formula is C23H30O10. The second-order valence-electron chi connectivity index (χ2n) is 8.58. The first kappa shape index (κ1) is 25.1. The first-order valence-electron chi connectivity index (χ1n) is 10.5. The van der Waals surface area contributed by atoms with Gasteiger partial charge in [-0.2, -0.15) is 0 Å². The molecule has 0 aromatic heterocycles. The third-order valence-corrected chi connectivity index (χ3v) is 6.29. The summed E-state index contributed by atoms with van der Waals surface area (Å²) in [6.45, 7) is 3.73. The van der Waals surface area contributed by atoms with Crippen LogP contribution in [0.3, 0.4) is 0 Å². The van der Waals surface area contributed by atoms with E-state index in [2.05, 4.69) is 0 Å². The largest absolute Gasteiger partial charge is 0.469 e. The maximum atomic E-state index is 13.2. The number of benzene rings is 1. The SMILES string of the molecule is COC(=O)C1[C@@H]2C(c3ccccc3)C(C(=O)OC)(C(=O)OC)O[C@]2(CC(C)C)OC1(O)OC. The molecule has 1 aromatic rings. The van der Waals surface area contributed by atoms with Crippen LogP contribution in [0.4, 0.5) is 0 Å². The summed E-state index contributed by atoms with van der Waals surface area (Å²) >= 11 is 0. The molecule has 0 spiro atoms. The zero-order chi connectivity index (χ0) is 24.6. The van der Waals surface area contributed by atoms with Gasteiger partial charge in [0.1, 0.15) is 5.92 Å². The lowest BCUT2D eigenvalue weighted by Gasteiger charge is -2.36. The van der Waals surface area contributed by atoms with Gasteiger partial charge in [0.15, 0.2) is 5.79 Å². The smallest absolute Gasteiger partial charge is 0.350 e. The molecule has 2 saturated heterocycles. The number of methoxy groups -OCH3 is 4. The van der Waals surface area contributed by atoms with E-state index in [1.165, 1.54) is 7.11 Å². The zero-order valence-corrected chi connectivity index (χ0v) is 19.5. The highest BCUT2D eigenvalue weighted by Crippen LogP contribution is 2.65. The molecule has 0 bridgehead atoms. The number of hydrogen-bond donors (Lipinski definition) is 1. The molecule has 10 nitrogen and oxygen atoms in total. The number of aliphatic hydroxyl groups is 1. The molecule has 0 aliphatic carbocycles. The van der Waals surface area contributed by atoms with Gasteiger partial charge in [0.05, 0.1) is 21.3 Å². The van der Waals surface area contributed by atoms with Crippen LogP contribution >= 0.6 is 0 Å². The van der Waals surface area contributed by atoms with Crippen LogP contribution in [0.25, 0.3) is 0 Å². The van der Waals surface area contributed by atoms with Crippen LogP contribution in [0.15, 0.2) is 30.3 Å². The van der Waals surface area contributed by atoms with E-state index in [1.807, 2.05) is 13.8 Å². The van der Waals surface area contributed by atoms with E-state index >= 15 is 0 Å². The van der Waals surface area contributed by atoms with Crippen LogP contribution in [0.5, 0.6) is 0 Å². The molecule has 182 valence electrons. The lowest BCUT2D eigenvalue weighted by atomic mass is 9.68. The lowest BCUT2D eigenvalue weighted by molar-refractivity contribution is -0.408. The van der Waals surface area contributed by atoms with Crippen LogP contribution < -0.4 is 0 Å². The average molecular weight is 466 g/mol. The summed E-state index contributed by atoms with van der Waals surface area (Å²) < 4.78 is 32.4. The first-order chi connectivity index (χ1) is 15.6. The van der Waals surface area contributed by atoms with Crippen molar-refractivity contribution in [2.45, 2.75) is 43.5 Å². The summed E-state index contributed by atoms with van der Waals surface area (Å²) in [4.78, 5) is 39.5. The second kappa shape index (κ2) is 9.02. The van der Waals surface area contributed by atoms with Crippen LogP contribution in [-0.2, 0) is 42.8 Å². The fourth-order valence-corrected chi connectivity index (χ4v) is 5.19. The van der Waals surface area contributed by atoms with Gasteiger partial charge in [0, 0.05) is 25.4 Å². The fraction of sp³-hybridized carbons (Fsp3) is 0.609. The van der Waals surface area contributed by atoms with Crippen molar-refractivity contribution in [3.05, 3.63) is 35.9 Å². The number of hydrogen-bond acceptors (Lipinski definition) is 10. The minimum atomic E-state index is -2.43. The predicted octanol–water partition coefficient (Wildman–Crippen LogP) is 1.36. The molecule has 0 radical (unpaired) electrons. The molecule has 3 unspecified atom stereocenters. The van der Waals surface area contributed by atoms with Gasteiger partial charge >= 0.3 is 17.9 Å². The monoisotopic (exact) mass is 466 g/mol. The van der Waals surface area contributed by atoms with Crippen LogP contribution in [0.2, 0.25) is 0 Å². The molecule has 3 rings (SSSR count). The Hall–Kier alpha value is -2.53. The molecule has 2 aliphatic heterocycles. The summed E-state index contributed by atoms with van der Waals surface area (Å²) in [5.41, 5.74) is -1.84. The molecule has 2 heterocycles. The minimum Gasteiger partial charge on any atom is -0.469 e. The third-order valence-electron chi connectivity index (χ3n) is 6.29. The molecule has 1 N–H and O–H groups in total. The number of ether oxygens (including phenoxy) is 6. The molecule has 0 saturated carbocycles. The lowest BCUT2D eigenvalue weighted by Crippen LogP contribution is -2.56. The van der Waals surface area contributed by atoms with Crippen LogP contribution in [-0.4, -0.2) is 68.8 Å². The summed E-state index contributed by atoms with van der Waals surface area (Å²) in [5, 5.41) is 11.2. The van der Waals surface area contributed by atoms with Crippen LogP contribution in [0, 0.1) is 17.8 Å². The number of carbonyl (C=O) groups excluding carboxylic acids is 3. The number of carbonyl (C=O) groups is 3. The topological polar surface area (TPSA) is 127 Å². The van der Waals surface area contributed by atoms with Crippen LogP contribution in [0.1, 0.15) is 31.7 Å². The second-order valence-corrected chi connectivity index (χ2v) is 8.58. The zero-order valence-electron chi connectivity index (χ0n) is 19.5. The van der Waals surface area contributed by atoms with E-state index in [4.69, 9.17) is 28.4 Å². The standard InChI is InChI=1S/C23H30O10/c1-13(2)12-21-16(17(18(24)28-3)23(27,31-6)33-21)15(14-10-8-7-9-11-14)22(32-21,19(25)29-4)20(26)30-5/h7-11,13,15-17,27H,12H2,1-6H3/t15?,16-,17?,21+,23?/m0/s1. The van der Waals surface area contributed by atoms with Crippen molar-refractivity contribution < 1.29 is 47.9 Å². The Morgan fingerprint density at radius 2 is 1.55 bits per heavy atom. The van der Waals surface area contributed by atoms with E-state index in [0.717, 1.165) is 21.3 Å². The van der Waals surface area contributed by atoms with E-state index in [-0.39, 0.29) is 12.3 Å². The number of fused-ring (bicyclic) bond motifs is 1. The van der Waals surface area contributed by atoms with Gasteiger partial charge < -0.3 is 28.8 Å². The van der Waals surface area contributed by atoms with Gasteiger partial charge in [-0.15, -0.1) is 0 Å². The van der Waals surface area contributed by atoms with Gasteiger partial charge in [0.25, 0.3) is 11.6 Å². The Morgan fingerprint density at radius 3 is 2.00 bits per heavy atom. The van der Waals surface area contributed by atoms with E-state index in [0.29, 0.717) is 5.56 Å². The quantitative estimate of drug-likeness (QED) is 0.272. The number of esters is 3. The van der Waals surface area contributed by atoms with E-state index in [9.17, 15) is 19.5 Å². The predicted molar refractivity (Wildman–Crippen MR) is 111 cm³/mol. The molecule has 0 amide bonds. The highest BCUT2D eigenvalue weighted by Gasteiger charge is 2.81. The van der Waals surface area contributed by atoms with Gasteiger partial charge in [-0.3, -0.25) is 9.53 Å². The maximum Gasteiger partial charge on any atom is 0.350 e. The van der Waals surface area contributed by atoms with Crippen molar-refractivity contribution in [2.24, 2.45) is 17.8 Å². The summed E-state index contributed by atoms with van der Waals surface area (Å²) in [7, 11) is 4.56. The molecular weight excluding hydrogens is 436 g/mol. The van der Waals surface area contributed by atoms with Crippen molar-refractivity contribution in [1.29, 1.82) is 0 Å². The van der Waals surface area contributed by atoms with Crippen molar-refractivity contribution in [3.63, 3.8) is 0 Å². The summed E-state index contributed by atoms with van der Waals surface area (Å²) in [6, 6.07) is 8.54. The highest BCUT2D eigenvalue weighted by atomic mass is 16.9. The van der Waals surface area contributed by atoms with Crippen molar-refractivity contribution >= 4 is 17.9 Å². The van der Waals surface area contributed by atoms with E-state index < -0.39 is 53.0 Å². The summed E-state index contributed by atoms with van der Waals surface area (Å²) in [5.74, 6) is -10.9. The third kappa shape index (κ3) is 3.71. The maximum absolute atomic E-state index is 13.2. The molecule has 10 heteroatoms. The molecule has 2 fully saturated rings. The Balaban J connectivity index is 2.39. The minimum absolute atomic E-state index is 0.104. The number of rotatable bonds is 7. The Labute approximate surface area is 192 Å². The fourth-order valence-electron chi connectivity index (χ4n) is 5.19. The Bertz CT molecular complexity index is 884. The Morgan fingerprint density at radius 1 is 0.970 bits per heavy atom. The van der Waals surface area contributed by atoms with Crippen molar-refractivity contribution in [3.8, 4) is 0 Å². The van der Waals surface area contributed by atoms with Gasteiger partial charge in [-0.25, -0.2) is 9.59 Å².